The van der Waals surface area contributed by atoms with Crippen LogP contribution in [0.3, 0.4) is 0 Å². The predicted molar refractivity (Wildman–Crippen MR) is 71.1 cm³/mol. The number of hydrogen-bond acceptors (Lipinski definition) is 4. The van der Waals surface area contributed by atoms with Gasteiger partial charge in [0.15, 0.2) is 5.82 Å². The van der Waals surface area contributed by atoms with Crippen LogP contribution >= 0.6 is 11.6 Å². The fourth-order valence-corrected chi connectivity index (χ4v) is 3.24. The molecule has 2 bridgehead atoms. The van der Waals surface area contributed by atoms with Gasteiger partial charge in [-0.1, -0.05) is 11.6 Å². The lowest BCUT2D eigenvalue weighted by atomic mass is 9.88. The number of aromatic amines is 1. The number of H-pyrrole nitrogens is 1. The Morgan fingerprint density at radius 3 is 2.89 bits per heavy atom. The Kier molecular flexibility index (Phi) is 2.11. The zero-order valence-corrected chi connectivity index (χ0v) is 10.9. The molecule has 5 heterocycles. The summed E-state index contributed by atoms with van der Waals surface area (Å²) in [5.74, 6) is 1.01. The number of piperazine rings is 1. The number of nitrogens with one attached hydrogen (secondary N) is 1. The molecule has 18 heavy (non-hydrogen) atoms. The number of pyridine rings is 1. The van der Waals surface area contributed by atoms with Gasteiger partial charge in [-0.15, -0.1) is 0 Å². The third-order valence-corrected chi connectivity index (χ3v) is 4.46. The molecule has 3 saturated heterocycles. The van der Waals surface area contributed by atoms with Gasteiger partial charge in [0.05, 0.1) is 10.9 Å². The third kappa shape index (κ3) is 1.37. The van der Waals surface area contributed by atoms with Crippen molar-refractivity contribution in [3.63, 3.8) is 0 Å². The Bertz CT molecular complexity index is 598. The molecule has 5 rings (SSSR count). The van der Waals surface area contributed by atoms with E-state index >= 15 is 0 Å². The Labute approximate surface area is 110 Å². The first-order valence-electron chi connectivity index (χ1n) is 6.19. The molecule has 5 nitrogen and oxygen atoms in total. The van der Waals surface area contributed by atoms with Crippen molar-refractivity contribution in [2.75, 3.05) is 25.0 Å². The van der Waals surface area contributed by atoms with E-state index in [1.165, 1.54) is 6.42 Å². The molecule has 94 valence electrons. The van der Waals surface area contributed by atoms with Gasteiger partial charge in [0.1, 0.15) is 5.15 Å². The number of likely N-dealkylation sites (N-methyl/N-ethyl adjacent to an activating group) is 1. The van der Waals surface area contributed by atoms with Crippen LogP contribution in [0.4, 0.5) is 5.82 Å². The largest absolute Gasteiger partial charge is 0.351 e. The van der Waals surface area contributed by atoms with Crippen LogP contribution in [0.25, 0.3) is 10.9 Å². The number of fused-ring (bicyclic) bond motifs is 3. The van der Waals surface area contributed by atoms with Crippen molar-refractivity contribution in [1.29, 1.82) is 0 Å². The molecule has 6 heteroatoms. The van der Waals surface area contributed by atoms with Gasteiger partial charge in [-0.05, 0) is 13.5 Å². The topological polar surface area (TPSA) is 48.0 Å². The van der Waals surface area contributed by atoms with Crippen molar-refractivity contribution in [3.8, 4) is 0 Å². The second-order valence-electron chi connectivity index (χ2n) is 5.21. The molecule has 0 aromatic carbocycles. The second kappa shape index (κ2) is 3.59. The minimum absolute atomic E-state index is 0.499. The number of piperidine rings is 1. The summed E-state index contributed by atoms with van der Waals surface area (Å²) in [6.45, 7) is 2.10. The smallest absolute Gasteiger partial charge is 0.159 e. The molecule has 2 atom stereocenters. The maximum atomic E-state index is 5.88. The molecule has 3 fully saturated rings. The average Bonchev–Trinajstić information content (AvgIpc) is 2.81. The van der Waals surface area contributed by atoms with Crippen molar-refractivity contribution in [3.05, 3.63) is 17.4 Å². The van der Waals surface area contributed by atoms with Gasteiger partial charge >= 0.3 is 0 Å². The highest BCUT2D eigenvalue weighted by atomic mass is 35.5. The minimum atomic E-state index is 0.499. The third-order valence-electron chi connectivity index (χ3n) is 4.25. The predicted octanol–water partition coefficient (Wildman–Crippen LogP) is 1.50. The summed E-state index contributed by atoms with van der Waals surface area (Å²) in [7, 11) is 2.21. The Morgan fingerprint density at radius 2 is 2.17 bits per heavy atom. The second-order valence-corrected chi connectivity index (χ2v) is 5.60. The quantitative estimate of drug-likeness (QED) is 0.793. The van der Waals surface area contributed by atoms with E-state index in [0.29, 0.717) is 17.2 Å². The number of anilines is 1. The molecule has 1 N–H and O–H groups in total. The van der Waals surface area contributed by atoms with Crippen LogP contribution < -0.4 is 4.90 Å². The Morgan fingerprint density at radius 1 is 1.39 bits per heavy atom. The van der Waals surface area contributed by atoms with Crippen LogP contribution in [-0.2, 0) is 0 Å². The Balaban J connectivity index is 1.71. The number of hydrogen-bond donors (Lipinski definition) is 1. The van der Waals surface area contributed by atoms with Crippen LogP contribution in [0.5, 0.6) is 0 Å². The molecule has 0 radical (unpaired) electrons. The lowest BCUT2D eigenvalue weighted by Crippen LogP contribution is -2.67. The van der Waals surface area contributed by atoms with Crippen molar-refractivity contribution < 1.29 is 0 Å². The molecule has 0 saturated carbocycles. The molecular formula is C12H14ClN5. The first-order valence-corrected chi connectivity index (χ1v) is 6.56. The zero-order valence-electron chi connectivity index (χ0n) is 10.1. The van der Waals surface area contributed by atoms with Gasteiger partial charge < -0.3 is 4.90 Å². The summed E-state index contributed by atoms with van der Waals surface area (Å²) in [6.07, 6.45) is 3.12. The van der Waals surface area contributed by atoms with Crippen LogP contribution in [0.1, 0.15) is 6.42 Å². The van der Waals surface area contributed by atoms with Gasteiger partial charge in [0.2, 0.25) is 0 Å². The number of rotatable bonds is 1. The van der Waals surface area contributed by atoms with Gasteiger partial charge in [-0.3, -0.25) is 10.00 Å². The molecule has 0 aliphatic carbocycles. The summed E-state index contributed by atoms with van der Waals surface area (Å²) in [5, 5.41) is 9.02. The molecule has 3 aliphatic rings. The van der Waals surface area contributed by atoms with Crippen LogP contribution in [0.2, 0.25) is 5.15 Å². The van der Waals surface area contributed by atoms with Crippen LogP contribution in [0, 0.1) is 0 Å². The van der Waals surface area contributed by atoms with Gasteiger partial charge in [-0.25, -0.2) is 4.98 Å². The summed E-state index contributed by atoms with van der Waals surface area (Å²) in [6, 6.07) is 3.18. The highest BCUT2D eigenvalue weighted by molar-refractivity contribution is 6.30. The first-order chi connectivity index (χ1) is 8.72. The summed E-state index contributed by atoms with van der Waals surface area (Å²) < 4.78 is 0. The van der Waals surface area contributed by atoms with Crippen LogP contribution in [0.15, 0.2) is 12.3 Å². The highest BCUT2D eigenvalue weighted by Gasteiger charge is 2.42. The van der Waals surface area contributed by atoms with E-state index in [4.69, 9.17) is 11.6 Å². The van der Waals surface area contributed by atoms with Gasteiger partial charge in [0, 0.05) is 37.4 Å². The SMILES string of the molecule is CN1C2CC1CN(c1n[nH]c3cc(Cl)ncc13)C2. The summed E-state index contributed by atoms with van der Waals surface area (Å²) >= 11 is 5.88. The Hall–Kier alpha value is -1.33. The standard InChI is InChI=1S/C12H14ClN5/c1-17-7-2-8(17)6-18(5-7)12-9-4-14-11(13)3-10(9)15-16-12/h3-4,7-8H,2,5-6H2,1H3,(H,15,16). The van der Waals surface area contributed by atoms with Crippen LogP contribution in [-0.4, -0.2) is 52.3 Å². The summed E-state index contributed by atoms with van der Waals surface area (Å²) in [5.41, 5.74) is 0.956. The molecule has 0 amide bonds. The van der Waals surface area contributed by atoms with Crippen molar-refractivity contribution in [1.82, 2.24) is 20.1 Å². The van der Waals surface area contributed by atoms with E-state index in [1.54, 1.807) is 6.20 Å². The molecule has 2 unspecified atom stereocenters. The van der Waals surface area contributed by atoms with E-state index in [0.717, 1.165) is 29.8 Å². The highest BCUT2D eigenvalue weighted by Crippen LogP contribution is 2.34. The molecule has 3 aliphatic heterocycles. The zero-order chi connectivity index (χ0) is 12.3. The molecular weight excluding hydrogens is 250 g/mol. The summed E-state index contributed by atoms with van der Waals surface area (Å²) in [4.78, 5) is 8.96. The minimum Gasteiger partial charge on any atom is -0.351 e. The van der Waals surface area contributed by atoms with Crippen molar-refractivity contribution >= 4 is 28.3 Å². The molecule has 0 spiro atoms. The van der Waals surface area contributed by atoms with E-state index < -0.39 is 0 Å². The molecule has 2 aromatic rings. The van der Waals surface area contributed by atoms with Crippen molar-refractivity contribution in [2.24, 2.45) is 0 Å². The maximum Gasteiger partial charge on any atom is 0.159 e. The van der Waals surface area contributed by atoms with Gasteiger partial charge in [0.25, 0.3) is 0 Å². The fraction of sp³-hybridized carbons (Fsp3) is 0.500. The van der Waals surface area contributed by atoms with Gasteiger partial charge in [-0.2, -0.15) is 5.10 Å². The van der Waals surface area contributed by atoms with E-state index in [1.807, 2.05) is 6.07 Å². The first kappa shape index (κ1) is 10.6. The lowest BCUT2D eigenvalue weighted by Gasteiger charge is -2.55. The average molecular weight is 264 g/mol. The number of nitrogens with zero attached hydrogens (tertiary/aromatic N) is 4. The van der Waals surface area contributed by atoms with E-state index in [-0.39, 0.29) is 0 Å². The fourth-order valence-electron chi connectivity index (χ4n) is 3.08. The van der Waals surface area contributed by atoms with Crippen molar-refractivity contribution in [2.45, 2.75) is 18.5 Å². The monoisotopic (exact) mass is 263 g/mol. The molecule has 2 aromatic heterocycles. The number of aromatic nitrogens is 3. The normalized spacial score (nSPS) is 27.6. The maximum absolute atomic E-state index is 5.88. The lowest BCUT2D eigenvalue weighted by molar-refractivity contribution is 0.0262. The van der Waals surface area contributed by atoms with E-state index in [9.17, 15) is 0 Å². The van der Waals surface area contributed by atoms with E-state index in [2.05, 4.69) is 32.0 Å². The number of halogens is 1.